The van der Waals surface area contributed by atoms with E-state index < -0.39 is 11.6 Å². The van der Waals surface area contributed by atoms with Crippen LogP contribution in [0.2, 0.25) is 0 Å². The molecule has 30 heavy (non-hydrogen) atoms. The predicted octanol–water partition coefficient (Wildman–Crippen LogP) is 3.53. The van der Waals surface area contributed by atoms with E-state index in [1.165, 1.54) is 12.4 Å². The van der Waals surface area contributed by atoms with Crippen LogP contribution >= 0.6 is 0 Å². The topological polar surface area (TPSA) is 78.4 Å². The molecule has 1 aromatic carbocycles. The largest absolute Gasteiger partial charge is 0.342 e. The number of nitrogens with zero attached hydrogens (tertiary/aromatic N) is 4. The normalized spacial score (nSPS) is 14.7. The molecular weight excluding hydrogens is 392 g/mol. The van der Waals surface area contributed by atoms with Crippen molar-refractivity contribution in [2.75, 3.05) is 25.5 Å². The number of hydrogen-bond acceptors (Lipinski definition) is 4. The predicted molar refractivity (Wildman–Crippen MR) is 109 cm³/mol. The summed E-state index contributed by atoms with van der Waals surface area (Å²) in [5, 5.41) is 2.66. The van der Waals surface area contributed by atoms with Crippen molar-refractivity contribution in [3.63, 3.8) is 0 Å². The molecule has 1 aromatic heterocycles. The van der Waals surface area contributed by atoms with Crippen molar-refractivity contribution in [3.8, 4) is 11.3 Å². The highest BCUT2D eigenvalue weighted by Gasteiger charge is 2.28. The van der Waals surface area contributed by atoms with Crippen LogP contribution in [0.4, 0.5) is 19.4 Å². The molecule has 1 saturated heterocycles. The van der Waals surface area contributed by atoms with E-state index in [0.717, 1.165) is 18.2 Å². The summed E-state index contributed by atoms with van der Waals surface area (Å²) in [5.41, 5.74) is 0.167. The summed E-state index contributed by atoms with van der Waals surface area (Å²) >= 11 is 0. The second-order valence-corrected chi connectivity index (χ2v) is 7.66. The van der Waals surface area contributed by atoms with Gasteiger partial charge in [0.25, 0.3) is 0 Å². The lowest BCUT2D eigenvalue weighted by Gasteiger charge is -2.37. The Bertz CT molecular complexity index is 912. The molecule has 3 rings (SSSR count). The van der Waals surface area contributed by atoms with E-state index in [2.05, 4.69) is 15.3 Å². The quantitative estimate of drug-likeness (QED) is 0.826. The smallest absolute Gasteiger partial charge is 0.323 e. The molecule has 1 N–H and O–H groups in total. The second-order valence-electron chi connectivity index (χ2n) is 7.66. The number of carbonyl (C=O) groups excluding carboxylic acids is 2. The molecule has 3 amide bonds. The SMILES string of the molecule is CC(C)C(=O)N1CCC(N(C)C(=O)Nc2cnc(-c3cc(F)ccc3F)cn2)CC1. The molecule has 0 aliphatic carbocycles. The molecular formula is C21H25F2N5O2. The Morgan fingerprint density at radius 2 is 1.87 bits per heavy atom. The van der Waals surface area contributed by atoms with Gasteiger partial charge >= 0.3 is 6.03 Å². The van der Waals surface area contributed by atoms with E-state index in [9.17, 15) is 18.4 Å². The van der Waals surface area contributed by atoms with E-state index in [1.807, 2.05) is 18.7 Å². The zero-order valence-electron chi connectivity index (χ0n) is 17.2. The van der Waals surface area contributed by atoms with Gasteiger partial charge in [-0.2, -0.15) is 0 Å². The van der Waals surface area contributed by atoms with Gasteiger partial charge in [0.15, 0.2) is 5.82 Å². The van der Waals surface area contributed by atoms with Crippen molar-refractivity contribution in [3.05, 3.63) is 42.2 Å². The van der Waals surface area contributed by atoms with Gasteiger partial charge in [0, 0.05) is 37.7 Å². The van der Waals surface area contributed by atoms with Gasteiger partial charge in [0.2, 0.25) is 5.91 Å². The van der Waals surface area contributed by atoms with Gasteiger partial charge in [-0.25, -0.2) is 18.6 Å². The summed E-state index contributed by atoms with van der Waals surface area (Å²) in [7, 11) is 1.70. The number of nitrogens with one attached hydrogen (secondary N) is 1. The highest BCUT2D eigenvalue weighted by Crippen LogP contribution is 2.22. The number of likely N-dealkylation sites (tertiary alicyclic amines) is 1. The minimum absolute atomic E-state index is 0.000184. The lowest BCUT2D eigenvalue weighted by molar-refractivity contribution is -0.135. The molecule has 0 bridgehead atoms. The summed E-state index contributed by atoms with van der Waals surface area (Å²) in [4.78, 5) is 36.2. The molecule has 1 fully saturated rings. The van der Waals surface area contributed by atoms with Gasteiger partial charge in [-0.15, -0.1) is 0 Å². The number of amides is 3. The van der Waals surface area contributed by atoms with Crippen LogP contribution in [0.5, 0.6) is 0 Å². The van der Waals surface area contributed by atoms with Crippen LogP contribution in [-0.2, 0) is 4.79 Å². The van der Waals surface area contributed by atoms with E-state index in [0.29, 0.717) is 25.9 Å². The first-order valence-electron chi connectivity index (χ1n) is 9.86. The van der Waals surface area contributed by atoms with E-state index in [-0.39, 0.29) is 41.0 Å². The third kappa shape index (κ3) is 4.90. The fourth-order valence-electron chi connectivity index (χ4n) is 3.43. The number of benzene rings is 1. The van der Waals surface area contributed by atoms with Gasteiger partial charge < -0.3 is 9.80 Å². The Morgan fingerprint density at radius 3 is 2.47 bits per heavy atom. The van der Waals surface area contributed by atoms with Crippen LogP contribution in [0.15, 0.2) is 30.6 Å². The number of piperidine rings is 1. The lowest BCUT2D eigenvalue weighted by Crippen LogP contribution is -2.49. The maximum absolute atomic E-state index is 13.9. The number of aromatic nitrogens is 2. The first-order chi connectivity index (χ1) is 14.3. The lowest BCUT2D eigenvalue weighted by atomic mass is 10.0. The molecule has 0 spiro atoms. The second kappa shape index (κ2) is 9.15. The molecule has 7 nitrogen and oxygen atoms in total. The van der Waals surface area contributed by atoms with Crippen LogP contribution < -0.4 is 5.32 Å². The minimum Gasteiger partial charge on any atom is -0.342 e. The Hall–Kier alpha value is -3.10. The number of urea groups is 1. The Kier molecular flexibility index (Phi) is 6.59. The summed E-state index contributed by atoms with van der Waals surface area (Å²) in [6.07, 6.45) is 3.98. The zero-order chi connectivity index (χ0) is 21.8. The molecule has 0 saturated carbocycles. The molecule has 1 aliphatic heterocycles. The highest BCUT2D eigenvalue weighted by atomic mass is 19.1. The van der Waals surface area contributed by atoms with Crippen molar-refractivity contribution in [2.24, 2.45) is 5.92 Å². The molecule has 2 aromatic rings. The molecule has 2 heterocycles. The van der Waals surface area contributed by atoms with Gasteiger partial charge in [0.05, 0.1) is 18.1 Å². The van der Waals surface area contributed by atoms with E-state index >= 15 is 0 Å². The number of anilines is 1. The first-order valence-corrected chi connectivity index (χ1v) is 9.86. The van der Waals surface area contributed by atoms with Crippen molar-refractivity contribution in [2.45, 2.75) is 32.7 Å². The van der Waals surface area contributed by atoms with Crippen LogP contribution in [-0.4, -0.2) is 57.9 Å². The summed E-state index contributed by atoms with van der Waals surface area (Å²) < 4.78 is 27.2. The van der Waals surface area contributed by atoms with Gasteiger partial charge in [-0.1, -0.05) is 13.8 Å². The maximum atomic E-state index is 13.9. The standard InChI is InChI=1S/C21H25F2N5O2/c1-13(2)20(29)28-8-6-15(7-9-28)27(3)21(30)26-19-12-24-18(11-25-19)16-10-14(22)4-5-17(16)23/h4-5,10-13,15H,6-9H2,1-3H3,(H,25,26,30). The van der Waals surface area contributed by atoms with Crippen LogP contribution in [0.25, 0.3) is 11.3 Å². The summed E-state index contributed by atoms with van der Waals surface area (Å²) in [6, 6.07) is 2.76. The monoisotopic (exact) mass is 417 g/mol. The summed E-state index contributed by atoms with van der Waals surface area (Å²) in [6.45, 7) is 4.99. The van der Waals surface area contributed by atoms with E-state index in [1.54, 1.807) is 11.9 Å². The molecule has 0 unspecified atom stereocenters. The zero-order valence-corrected chi connectivity index (χ0v) is 17.2. The number of halogens is 2. The fraction of sp³-hybridized carbons (Fsp3) is 0.429. The molecule has 0 radical (unpaired) electrons. The third-order valence-corrected chi connectivity index (χ3v) is 5.23. The molecule has 0 atom stereocenters. The third-order valence-electron chi connectivity index (χ3n) is 5.23. The average Bonchev–Trinajstić information content (AvgIpc) is 2.75. The Labute approximate surface area is 174 Å². The van der Waals surface area contributed by atoms with Crippen molar-refractivity contribution >= 4 is 17.8 Å². The van der Waals surface area contributed by atoms with Crippen molar-refractivity contribution < 1.29 is 18.4 Å². The van der Waals surface area contributed by atoms with Crippen molar-refractivity contribution in [1.29, 1.82) is 0 Å². The van der Waals surface area contributed by atoms with Gasteiger partial charge in [0.1, 0.15) is 11.6 Å². The Morgan fingerprint density at radius 1 is 1.17 bits per heavy atom. The fourth-order valence-corrected chi connectivity index (χ4v) is 3.43. The number of rotatable bonds is 4. The molecule has 160 valence electrons. The number of carbonyl (C=O) groups is 2. The van der Waals surface area contributed by atoms with Crippen LogP contribution in [0, 0.1) is 17.6 Å². The van der Waals surface area contributed by atoms with E-state index in [4.69, 9.17) is 0 Å². The van der Waals surface area contributed by atoms with Gasteiger partial charge in [-0.05, 0) is 31.0 Å². The Balaban J connectivity index is 1.58. The number of hydrogen-bond donors (Lipinski definition) is 1. The first kappa shape index (κ1) is 21.6. The maximum Gasteiger partial charge on any atom is 0.323 e. The van der Waals surface area contributed by atoms with Gasteiger partial charge in [-0.3, -0.25) is 15.1 Å². The van der Waals surface area contributed by atoms with Crippen LogP contribution in [0.3, 0.4) is 0 Å². The molecule has 1 aliphatic rings. The highest BCUT2D eigenvalue weighted by molar-refractivity contribution is 5.88. The minimum atomic E-state index is -0.607. The van der Waals surface area contributed by atoms with Crippen LogP contribution in [0.1, 0.15) is 26.7 Å². The average molecular weight is 417 g/mol. The van der Waals surface area contributed by atoms with Crippen molar-refractivity contribution in [1.82, 2.24) is 19.8 Å². The summed E-state index contributed by atoms with van der Waals surface area (Å²) in [5.74, 6) is -0.881. The molecule has 9 heteroatoms.